The van der Waals surface area contributed by atoms with Crippen molar-refractivity contribution in [1.29, 1.82) is 0 Å². The molecule has 11 heteroatoms. The Morgan fingerprint density at radius 1 is 1.00 bits per heavy atom. The zero-order valence-electron chi connectivity index (χ0n) is 21.4. The van der Waals surface area contributed by atoms with Crippen LogP contribution in [0.15, 0.2) is 77.7 Å². The number of hydrogen-bond acceptors (Lipinski definition) is 7. The largest absolute Gasteiger partial charge is 0.427 e. The van der Waals surface area contributed by atoms with Gasteiger partial charge in [-0.1, -0.05) is 30.3 Å². The van der Waals surface area contributed by atoms with Gasteiger partial charge in [-0.2, -0.15) is 0 Å². The van der Waals surface area contributed by atoms with Crippen LogP contribution < -0.4 is 14.8 Å². The summed E-state index contributed by atoms with van der Waals surface area (Å²) < 4.78 is 28.2. The van der Waals surface area contributed by atoms with Crippen molar-refractivity contribution in [3.8, 4) is 5.75 Å². The van der Waals surface area contributed by atoms with Crippen LogP contribution in [0.3, 0.4) is 0 Å². The van der Waals surface area contributed by atoms with E-state index in [9.17, 15) is 27.6 Å². The van der Waals surface area contributed by atoms with Crippen LogP contribution >= 0.6 is 0 Å². The topological polar surface area (TPSA) is 144 Å². The number of benzene rings is 3. The van der Waals surface area contributed by atoms with Crippen LogP contribution in [-0.2, 0) is 30.8 Å². The van der Waals surface area contributed by atoms with E-state index in [-0.39, 0.29) is 23.6 Å². The summed E-state index contributed by atoms with van der Waals surface area (Å²) in [6.45, 7) is 3.15. The Morgan fingerprint density at radius 3 is 2.23 bits per heavy atom. The van der Waals surface area contributed by atoms with Crippen LogP contribution in [0.1, 0.15) is 34.8 Å². The van der Waals surface area contributed by atoms with Crippen molar-refractivity contribution in [2.75, 3.05) is 11.4 Å². The Hall–Kier alpha value is -4.35. The number of imide groups is 1. The van der Waals surface area contributed by atoms with Crippen molar-refractivity contribution in [2.24, 2.45) is 5.14 Å². The predicted octanol–water partition coefficient (Wildman–Crippen LogP) is 2.58. The highest BCUT2D eigenvalue weighted by Crippen LogP contribution is 2.29. The van der Waals surface area contributed by atoms with Gasteiger partial charge in [0.05, 0.1) is 17.0 Å². The number of amides is 3. The summed E-state index contributed by atoms with van der Waals surface area (Å²) in [7, 11) is -3.85. The fraction of sp³-hybridized carbons (Fsp3) is 0.214. The molecule has 10 nitrogen and oxygen atoms in total. The Labute approximate surface area is 226 Å². The molecule has 202 valence electrons. The molecule has 0 spiro atoms. The van der Waals surface area contributed by atoms with Crippen LogP contribution in [0.2, 0.25) is 0 Å². The zero-order valence-corrected chi connectivity index (χ0v) is 22.2. The third kappa shape index (κ3) is 6.21. The Bertz CT molecular complexity index is 1530. The standard InChI is InChI=1S/C28H27N3O7S/c1-18-5-3-4-6-24(18)27(34)30(16-15-20-7-13-23(14-8-20)39(29,36)37)25-17-26(33)31(28(25)35)21-9-11-22(12-10-21)38-19(2)32/h3-14,25H,15-17H2,1-2H3,(H2,29,36,37). The SMILES string of the molecule is CC(=O)Oc1ccc(N2C(=O)CC(N(CCc3ccc(S(N)(=O)=O)cc3)C(=O)c3ccccc3C)C2=O)cc1. The molecular weight excluding hydrogens is 522 g/mol. The molecule has 2 N–H and O–H groups in total. The second-order valence-corrected chi connectivity index (χ2v) is 10.7. The van der Waals surface area contributed by atoms with E-state index in [1.165, 1.54) is 48.2 Å². The van der Waals surface area contributed by atoms with E-state index in [0.29, 0.717) is 17.7 Å². The van der Waals surface area contributed by atoms with Crippen molar-refractivity contribution < 1.29 is 32.3 Å². The maximum absolute atomic E-state index is 13.7. The van der Waals surface area contributed by atoms with E-state index in [4.69, 9.17) is 9.88 Å². The highest BCUT2D eigenvalue weighted by Gasteiger charge is 2.44. The van der Waals surface area contributed by atoms with Crippen LogP contribution in [0.5, 0.6) is 5.75 Å². The molecule has 1 aliphatic rings. The minimum absolute atomic E-state index is 0.0361. The third-order valence-corrected chi connectivity index (χ3v) is 7.31. The average Bonchev–Trinajstić information content (AvgIpc) is 3.17. The normalized spacial score (nSPS) is 15.4. The fourth-order valence-electron chi connectivity index (χ4n) is 4.42. The first kappa shape index (κ1) is 27.7. The van der Waals surface area contributed by atoms with Crippen molar-refractivity contribution in [2.45, 2.75) is 37.6 Å². The molecule has 39 heavy (non-hydrogen) atoms. The van der Waals surface area contributed by atoms with Crippen LogP contribution in [-0.4, -0.2) is 49.6 Å². The van der Waals surface area contributed by atoms with Crippen LogP contribution in [0.25, 0.3) is 0 Å². The van der Waals surface area contributed by atoms with Gasteiger partial charge in [0, 0.05) is 19.0 Å². The number of rotatable bonds is 8. The number of primary sulfonamides is 1. The van der Waals surface area contributed by atoms with Gasteiger partial charge in [-0.25, -0.2) is 18.5 Å². The van der Waals surface area contributed by atoms with Gasteiger partial charge in [-0.05, 0) is 66.9 Å². The number of anilines is 1. The van der Waals surface area contributed by atoms with Crippen molar-refractivity contribution >= 4 is 39.4 Å². The minimum Gasteiger partial charge on any atom is -0.427 e. The van der Waals surface area contributed by atoms with E-state index in [1.807, 2.05) is 0 Å². The van der Waals surface area contributed by atoms with Gasteiger partial charge in [0.25, 0.3) is 11.8 Å². The van der Waals surface area contributed by atoms with E-state index in [1.54, 1.807) is 43.3 Å². The second kappa shape index (κ2) is 11.2. The first-order valence-electron chi connectivity index (χ1n) is 12.1. The zero-order chi connectivity index (χ0) is 28.3. The number of hydrogen-bond donors (Lipinski definition) is 1. The number of sulfonamides is 1. The van der Waals surface area contributed by atoms with Crippen molar-refractivity contribution in [3.05, 3.63) is 89.5 Å². The highest BCUT2D eigenvalue weighted by atomic mass is 32.2. The summed E-state index contributed by atoms with van der Waals surface area (Å²) in [6.07, 6.45) is 0.101. The Morgan fingerprint density at radius 2 is 1.64 bits per heavy atom. The molecule has 4 rings (SSSR count). The second-order valence-electron chi connectivity index (χ2n) is 9.13. The predicted molar refractivity (Wildman–Crippen MR) is 142 cm³/mol. The number of carbonyl (C=O) groups is 4. The molecule has 0 bridgehead atoms. The summed E-state index contributed by atoms with van der Waals surface area (Å²) in [6, 6.07) is 17.8. The summed E-state index contributed by atoms with van der Waals surface area (Å²) in [5.41, 5.74) is 2.15. The van der Waals surface area contributed by atoms with Gasteiger partial charge in [0.15, 0.2) is 0 Å². The molecule has 1 saturated heterocycles. The molecule has 0 aromatic heterocycles. The minimum atomic E-state index is -3.85. The molecular formula is C28H27N3O7S. The maximum atomic E-state index is 13.7. The van der Waals surface area contributed by atoms with Crippen molar-refractivity contribution in [3.63, 3.8) is 0 Å². The molecule has 0 radical (unpaired) electrons. The molecule has 1 fully saturated rings. The number of nitrogens with zero attached hydrogens (tertiary/aromatic N) is 2. The van der Waals surface area contributed by atoms with Crippen LogP contribution in [0.4, 0.5) is 5.69 Å². The smallest absolute Gasteiger partial charge is 0.308 e. The first-order chi connectivity index (χ1) is 18.5. The maximum Gasteiger partial charge on any atom is 0.308 e. The lowest BCUT2D eigenvalue weighted by Gasteiger charge is -2.28. The lowest BCUT2D eigenvalue weighted by Crippen LogP contribution is -2.46. The molecule has 1 heterocycles. The number of ether oxygens (including phenoxy) is 1. The van der Waals surface area contributed by atoms with Gasteiger partial charge in [-0.3, -0.25) is 19.2 Å². The molecule has 3 amide bonds. The van der Waals surface area contributed by atoms with Gasteiger partial charge in [-0.15, -0.1) is 0 Å². The Kier molecular flexibility index (Phi) is 7.93. The number of esters is 1. The molecule has 3 aromatic carbocycles. The summed E-state index contributed by atoms with van der Waals surface area (Å²) >= 11 is 0. The van der Waals surface area contributed by atoms with E-state index >= 15 is 0 Å². The summed E-state index contributed by atoms with van der Waals surface area (Å²) in [5, 5.41) is 5.17. The molecule has 1 aliphatic heterocycles. The highest BCUT2D eigenvalue weighted by molar-refractivity contribution is 7.89. The quantitative estimate of drug-likeness (QED) is 0.258. The molecule has 3 aromatic rings. The molecule has 1 atom stereocenters. The first-order valence-corrected chi connectivity index (χ1v) is 13.6. The average molecular weight is 550 g/mol. The summed E-state index contributed by atoms with van der Waals surface area (Å²) in [4.78, 5) is 53.8. The van der Waals surface area contributed by atoms with E-state index in [2.05, 4.69) is 0 Å². The monoisotopic (exact) mass is 549 g/mol. The molecule has 1 unspecified atom stereocenters. The van der Waals surface area contributed by atoms with Crippen molar-refractivity contribution in [1.82, 2.24) is 4.90 Å². The van der Waals surface area contributed by atoms with Gasteiger partial charge in [0.2, 0.25) is 15.9 Å². The van der Waals surface area contributed by atoms with E-state index < -0.39 is 39.8 Å². The van der Waals surface area contributed by atoms with Gasteiger partial charge < -0.3 is 9.64 Å². The lowest BCUT2D eigenvalue weighted by atomic mass is 10.0. The molecule has 0 aliphatic carbocycles. The number of aryl methyl sites for hydroxylation is 1. The number of carbonyl (C=O) groups excluding carboxylic acids is 4. The van der Waals surface area contributed by atoms with Gasteiger partial charge >= 0.3 is 5.97 Å². The molecule has 0 saturated carbocycles. The number of nitrogens with two attached hydrogens (primary N) is 1. The third-order valence-electron chi connectivity index (χ3n) is 6.39. The Balaban J connectivity index is 1.61. The van der Waals surface area contributed by atoms with Gasteiger partial charge in [0.1, 0.15) is 11.8 Å². The summed E-state index contributed by atoms with van der Waals surface area (Å²) in [5.74, 6) is -1.64. The lowest BCUT2D eigenvalue weighted by molar-refractivity contribution is -0.132. The van der Waals surface area contributed by atoms with E-state index in [0.717, 1.165) is 16.0 Å². The van der Waals surface area contributed by atoms with Crippen LogP contribution in [0, 0.1) is 6.92 Å². The fourth-order valence-corrected chi connectivity index (χ4v) is 4.94.